The summed E-state index contributed by atoms with van der Waals surface area (Å²) in [6.45, 7) is 5.14. The van der Waals surface area contributed by atoms with Crippen LogP contribution in [-0.2, 0) is 0 Å². The number of nitrogens with zero attached hydrogens (tertiary/aromatic N) is 4. The zero-order valence-electron chi connectivity index (χ0n) is 11.0. The molecule has 1 fully saturated rings. The Labute approximate surface area is 112 Å². The van der Waals surface area contributed by atoms with E-state index in [9.17, 15) is 0 Å². The van der Waals surface area contributed by atoms with Crippen LogP contribution in [0, 0.1) is 0 Å². The fourth-order valence-corrected chi connectivity index (χ4v) is 2.31. The third kappa shape index (κ3) is 2.71. The minimum atomic E-state index is 0.496. The highest BCUT2D eigenvalue weighted by Gasteiger charge is 2.17. The van der Waals surface area contributed by atoms with E-state index in [0.717, 1.165) is 36.7 Å². The molecule has 19 heavy (non-hydrogen) atoms. The topological polar surface area (TPSA) is 53.9 Å². The molecule has 5 nitrogen and oxygen atoms in total. The van der Waals surface area contributed by atoms with E-state index in [1.165, 1.54) is 0 Å². The van der Waals surface area contributed by atoms with E-state index >= 15 is 0 Å². The summed E-state index contributed by atoms with van der Waals surface area (Å²) in [6.07, 6.45) is 3.53. The van der Waals surface area contributed by atoms with Gasteiger partial charge >= 0.3 is 0 Å². The number of pyridine rings is 1. The van der Waals surface area contributed by atoms with Crippen LogP contribution in [0.3, 0.4) is 0 Å². The first-order valence-corrected chi connectivity index (χ1v) is 6.55. The van der Waals surface area contributed by atoms with Gasteiger partial charge in [-0.2, -0.15) is 0 Å². The Bertz CT molecular complexity index is 525. The van der Waals surface area contributed by atoms with Crippen LogP contribution in [0.4, 0.5) is 5.82 Å². The average Bonchev–Trinajstić information content (AvgIpc) is 2.48. The predicted molar refractivity (Wildman–Crippen MR) is 74.9 cm³/mol. The fraction of sp³-hybridized carbons (Fsp3) is 0.357. The summed E-state index contributed by atoms with van der Waals surface area (Å²) in [5.41, 5.74) is 1.93. The second-order valence-electron chi connectivity index (χ2n) is 4.81. The van der Waals surface area contributed by atoms with Crippen LogP contribution < -0.4 is 10.2 Å². The van der Waals surface area contributed by atoms with E-state index in [2.05, 4.69) is 32.3 Å². The summed E-state index contributed by atoms with van der Waals surface area (Å²) >= 11 is 0. The molecule has 1 saturated heterocycles. The lowest BCUT2D eigenvalue weighted by Crippen LogP contribution is -2.49. The average molecular weight is 255 g/mol. The normalized spacial score (nSPS) is 19.4. The quantitative estimate of drug-likeness (QED) is 0.877. The first-order valence-electron chi connectivity index (χ1n) is 6.55. The molecular weight excluding hydrogens is 238 g/mol. The van der Waals surface area contributed by atoms with E-state index in [-0.39, 0.29) is 0 Å². The number of hydrogen-bond donors (Lipinski definition) is 1. The monoisotopic (exact) mass is 255 g/mol. The Morgan fingerprint density at radius 1 is 1.16 bits per heavy atom. The molecule has 1 aliphatic heterocycles. The Balaban J connectivity index is 1.79. The van der Waals surface area contributed by atoms with Crippen molar-refractivity contribution in [3.8, 4) is 11.3 Å². The third-order valence-corrected chi connectivity index (χ3v) is 3.32. The van der Waals surface area contributed by atoms with Crippen LogP contribution in [0.5, 0.6) is 0 Å². The predicted octanol–water partition coefficient (Wildman–Crippen LogP) is 1.34. The summed E-state index contributed by atoms with van der Waals surface area (Å²) in [7, 11) is 0. The van der Waals surface area contributed by atoms with Crippen LogP contribution in [-0.4, -0.2) is 40.9 Å². The van der Waals surface area contributed by atoms with Gasteiger partial charge in [0.2, 0.25) is 0 Å². The SMILES string of the molecule is CC1CN(c2ccc(-c3ccncc3)nn2)CCN1. The molecule has 0 saturated carbocycles. The highest BCUT2D eigenvalue weighted by molar-refractivity contribution is 5.58. The Morgan fingerprint density at radius 3 is 2.68 bits per heavy atom. The number of nitrogens with one attached hydrogen (secondary N) is 1. The molecule has 1 N–H and O–H groups in total. The van der Waals surface area contributed by atoms with Crippen molar-refractivity contribution >= 4 is 5.82 Å². The van der Waals surface area contributed by atoms with Gasteiger partial charge in [0.1, 0.15) is 0 Å². The maximum atomic E-state index is 4.34. The van der Waals surface area contributed by atoms with Crippen molar-refractivity contribution in [2.45, 2.75) is 13.0 Å². The molecule has 5 heteroatoms. The van der Waals surface area contributed by atoms with Gasteiger partial charge in [-0.05, 0) is 31.2 Å². The molecule has 1 aliphatic rings. The molecule has 0 bridgehead atoms. The zero-order valence-corrected chi connectivity index (χ0v) is 11.0. The summed E-state index contributed by atoms with van der Waals surface area (Å²) in [4.78, 5) is 6.28. The molecule has 3 rings (SSSR count). The summed E-state index contributed by atoms with van der Waals surface area (Å²) in [5.74, 6) is 0.950. The smallest absolute Gasteiger partial charge is 0.151 e. The largest absolute Gasteiger partial charge is 0.352 e. The molecule has 0 amide bonds. The fourth-order valence-electron chi connectivity index (χ4n) is 2.31. The molecule has 2 aromatic rings. The van der Waals surface area contributed by atoms with Crippen LogP contribution in [0.25, 0.3) is 11.3 Å². The number of hydrogen-bond acceptors (Lipinski definition) is 5. The molecule has 0 spiro atoms. The van der Waals surface area contributed by atoms with Crippen molar-refractivity contribution in [3.05, 3.63) is 36.7 Å². The van der Waals surface area contributed by atoms with E-state index in [1.807, 2.05) is 24.3 Å². The Morgan fingerprint density at radius 2 is 2.00 bits per heavy atom. The molecule has 0 radical (unpaired) electrons. The van der Waals surface area contributed by atoms with E-state index in [0.29, 0.717) is 6.04 Å². The molecule has 3 heterocycles. The standard InChI is InChI=1S/C14H17N5/c1-11-10-19(9-8-16-11)14-3-2-13(17-18-14)12-4-6-15-7-5-12/h2-7,11,16H,8-10H2,1H3. The van der Waals surface area contributed by atoms with Gasteiger partial charge in [0.25, 0.3) is 0 Å². The van der Waals surface area contributed by atoms with Crippen molar-refractivity contribution in [2.75, 3.05) is 24.5 Å². The second kappa shape index (κ2) is 5.32. The van der Waals surface area contributed by atoms with Crippen molar-refractivity contribution < 1.29 is 0 Å². The number of piperazine rings is 1. The number of aromatic nitrogens is 3. The van der Waals surface area contributed by atoms with Gasteiger partial charge < -0.3 is 10.2 Å². The van der Waals surface area contributed by atoms with Crippen molar-refractivity contribution in [1.82, 2.24) is 20.5 Å². The summed E-state index contributed by atoms with van der Waals surface area (Å²) in [6, 6.07) is 8.44. The molecule has 1 unspecified atom stereocenters. The van der Waals surface area contributed by atoms with Crippen LogP contribution >= 0.6 is 0 Å². The lowest BCUT2D eigenvalue weighted by molar-refractivity contribution is 0.481. The Kier molecular flexibility index (Phi) is 3.37. The molecule has 1 atom stereocenters. The molecular formula is C14H17N5. The maximum Gasteiger partial charge on any atom is 0.151 e. The highest BCUT2D eigenvalue weighted by atomic mass is 15.3. The van der Waals surface area contributed by atoms with Gasteiger partial charge in [0.15, 0.2) is 5.82 Å². The molecule has 0 aliphatic carbocycles. The molecule has 0 aromatic carbocycles. The molecule has 98 valence electrons. The summed E-state index contributed by atoms with van der Waals surface area (Å²) in [5, 5.41) is 12.1. The minimum Gasteiger partial charge on any atom is -0.352 e. The van der Waals surface area contributed by atoms with Crippen LogP contribution in [0.1, 0.15) is 6.92 Å². The first-order chi connectivity index (χ1) is 9.33. The molecule has 2 aromatic heterocycles. The van der Waals surface area contributed by atoms with Crippen LogP contribution in [0.2, 0.25) is 0 Å². The van der Waals surface area contributed by atoms with Crippen LogP contribution in [0.15, 0.2) is 36.7 Å². The van der Waals surface area contributed by atoms with Gasteiger partial charge in [-0.25, -0.2) is 0 Å². The van der Waals surface area contributed by atoms with E-state index < -0.39 is 0 Å². The van der Waals surface area contributed by atoms with Gasteiger partial charge in [0.05, 0.1) is 5.69 Å². The van der Waals surface area contributed by atoms with Gasteiger partial charge in [0, 0.05) is 43.6 Å². The Hall–Kier alpha value is -2.01. The zero-order chi connectivity index (χ0) is 13.1. The van der Waals surface area contributed by atoms with Crippen molar-refractivity contribution in [1.29, 1.82) is 0 Å². The highest BCUT2D eigenvalue weighted by Crippen LogP contribution is 2.18. The summed E-state index contributed by atoms with van der Waals surface area (Å²) < 4.78 is 0. The second-order valence-corrected chi connectivity index (χ2v) is 4.81. The number of rotatable bonds is 2. The third-order valence-electron chi connectivity index (χ3n) is 3.32. The first kappa shape index (κ1) is 12.0. The van der Waals surface area contributed by atoms with Gasteiger partial charge in [-0.1, -0.05) is 0 Å². The number of anilines is 1. The van der Waals surface area contributed by atoms with Gasteiger partial charge in [-0.15, -0.1) is 10.2 Å². The van der Waals surface area contributed by atoms with E-state index in [1.54, 1.807) is 12.4 Å². The minimum absolute atomic E-state index is 0.496. The lowest BCUT2D eigenvalue weighted by Gasteiger charge is -2.32. The van der Waals surface area contributed by atoms with Crippen molar-refractivity contribution in [3.63, 3.8) is 0 Å². The van der Waals surface area contributed by atoms with Crippen molar-refractivity contribution in [2.24, 2.45) is 0 Å². The lowest BCUT2D eigenvalue weighted by atomic mass is 10.2. The maximum absolute atomic E-state index is 4.34. The van der Waals surface area contributed by atoms with E-state index in [4.69, 9.17) is 0 Å². The van der Waals surface area contributed by atoms with Gasteiger partial charge in [-0.3, -0.25) is 4.98 Å².